The van der Waals surface area contributed by atoms with E-state index in [1.807, 2.05) is 30.3 Å². The lowest BCUT2D eigenvalue weighted by molar-refractivity contribution is -0.114. The van der Waals surface area contributed by atoms with E-state index in [1.165, 1.54) is 6.92 Å². The lowest BCUT2D eigenvalue weighted by Crippen LogP contribution is -2.08. The monoisotopic (exact) mass is 321 g/mol. The minimum Gasteiger partial charge on any atom is -0.326 e. The van der Waals surface area contributed by atoms with Crippen LogP contribution in [0, 0.1) is 0 Å². The summed E-state index contributed by atoms with van der Waals surface area (Å²) in [5, 5.41) is 10.3. The quantitative estimate of drug-likeness (QED) is 0.446. The minimum absolute atomic E-state index is 0.175. The molecule has 8 nitrogen and oxygen atoms in total. The Balaban J connectivity index is 2.41. The first-order valence-electron chi connectivity index (χ1n) is 7.16. The zero-order valence-corrected chi connectivity index (χ0v) is 12.9. The summed E-state index contributed by atoms with van der Waals surface area (Å²) in [5.74, 6) is -0.175. The van der Waals surface area contributed by atoms with Gasteiger partial charge in [0.2, 0.25) is 5.91 Å². The molecule has 0 aliphatic carbocycles. The SMILES string of the molecule is CC(=O)Nc1ccc([C@H](N=[N+]=[N-])[C@H](N=[N+]=[N-])c2ccccc2)cc1. The van der Waals surface area contributed by atoms with E-state index in [0.29, 0.717) is 11.3 Å². The molecule has 2 rings (SSSR count). The number of amides is 1. The topological polar surface area (TPSA) is 127 Å². The zero-order valence-electron chi connectivity index (χ0n) is 12.9. The molecule has 0 fully saturated rings. The maximum atomic E-state index is 11.1. The fraction of sp³-hybridized carbons (Fsp3) is 0.188. The third-order valence-electron chi connectivity index (χ3n) is 3.36. The first-order chi connectivity index (χ1) is 11.7. The third kappa shape index (κ3) is 4.27. The van der Waals surface area contributed by atoms with Crippen molar-refractivity contribution in [2.45, 2.75) is 19.0 Å². The van der Waals surface area contributed by atoms with Crippen molar-refractivity contribution in [2.75, 3.05) is 5.32 Å². The number of hydrogen-bond donors (Lipinski definition) is 1. The van der Waals surface area contributed by atoms with Gasteiger partial charge < -0.3 is 5.32 Å². The van der Waals surface area contributed by atoms with Crippen LogP contribution in [0.3, 0.4) is 0 Å². The standard InChI is InChI=1S/C16H15N7O/c1-11(24)19-14-9-7-13(8-10-14)16(21-23-18)15(20-22-17)12-5-3-2-4-6-12/h2-10,15-16H,1H3,(H,19,24)/t15-,16+/m1/s1. The molecule has 2 aromatic carbocycles. The summed E-state index contributed by atoms with van der Waals surface area (Å²) in [6.07, 6.45) is 0. The summed E-state index contributed by atoms with van der Waals surface area (Å²) in [5.41, 5.74) is 19.8. The fourth-order valence-corrected chi connectivity index (χ4v) is 2.35. The van der Waals surface area contributed by atoms with Crippen molar-refractivity contribution in [1.82, 2.24) is 0 Å². The van der Waals surface area contributed by atoms with Crippen molar-refractivity contribution in [1.29, 1.82) is 0 Å². The lowest BCUT2D eigenvalue weighted by Gasteiger charge is -2.20. The molecular formula is C16H15N7O. The smallest absolute Gasteiger partial charge is 0.221 e. The third-order valence-corrected chi connectivity index (χ3v) is 3.36. The highest BCUT2D eigenvalue weighted by Gasteiger charge is 2.23. The summed E-state index contributed by atoms with van der Waals surface area (Å²) in [6, 6.07) is 14.6. The first-order valence-corrected chi connectivity index (χ1v) is 7.16. The lowest BCUT2D eigenvalue weighted by atomic mass is 9.94. The molecule has 2 aromatic rings. The van der Waals surface area contributed by atoms with E-state index in [2.05, 4.69) is 25.4 Å². The number of nitrogens with zero attached hydrogens (tertiary/aromatic N) is 6. The van der Waals surface area contributed by atoms with E-state index in [-0.39, 0.29) is 5.91 Å². The Morgan fingerprint density at radius 3 is 1.88 bits per heavy atom. The molecule has 24 heavy (non-hydrogen) atoms. The van der Waals surface area contributed by atoms with Crippen molar-refractivity contribution < 1.29 is 4.79 Å². The van der Waals surface area contributed by atoms with E-state index in [9.17, 15) is 4.79 Å². The highest BCUT2D eigenvalue weighted by molar-refractivity contribution is 5.88. The van der Waals surface area contributed by atoms with Crippen LogP contribution >= 0.6 is 0 Å². The Morgan fingerprint density at radius 2 is 1.42 bits per heavy atom. The molecule has 0 bridgehead atoms. The molecule has 0 aliphatic heterocycles. The predicted molar refractivity (Wildman–Crippen MR) is 91.0 cm³/mol. The average Bonchev–Trinajstić information content (AvgIpc) is 2.59. The van der Waals surface area contributed by atoms with E-state index < -0.39 is 12.1 Å². The molecular weight excluding hydrogens is 306 g/mol. The summed E-state index contributed by atoms with van der Waals surface area (Å²) in [7, 11) is 0. The minimum atomic E-state index is -0.695. The van der Waals surface area contributed by atoms with Gasteiger partial charge in [-0.3, -0.25) is 4.79 Å². The molecule has 0 heterocycles. The number of nitrogens with one attached hydrogen (secondary N) is 1. The van der Waals surface area contributed by atoms with E-state index in [0.717, 1.165) is 5.56 Å². The van der Waals surface area contributed by atoms with Crippen molar-refractivity contribution in [3.8, 4) is 0 Å². The van der Waals surface area contributed by atoms with E-state index >= 15 is 0 Å². The summed E-state index contributed by atoms with van der Waals surface area (Å²) >= 11 is 0. The molecule has 0 saturated carbocycles. The fourth-order valence-electron chi connectivity index (χ4n) is 2.35. The van der Waals surface area contributed by atoms with Crippen LogP contribution in [0.2, 0.25) is 0 Å². The zero-order chi connectivity index (χ0) is 17.4. The normalized spacial score (nSPS) is 12.2. The van der Waals surface area contributed by atoms with Gasteiger partial charge in [-0.05, 0) is 34.3 Å². The van der Waals surface area contributed by atoms with Crippen LogP contribution in [-0.4, -0.2) is 5.91 Å². The maximum Gasteiger partial charge on any atom is 0.221 e. The molecule has 0 unspecified atom stereocenters. The van der Waals surface area contributed by atoms with Crippen LogP contribution in [0.4, 0.5) is 5.69 Å². The van der Waals surface area contributed by atoms with Gasteiger partial charge in [0.15, 0.2) is 0 Å². The number of rotatable bonds is 6. The number of hydrogen-bond acceptors (Lipinski definition) is 3. The highest BCUT2D eigenvalue weighted by Crippen LogP contribution is 2.36. The van der Waals surface area contributed by atoms with Crippen LogP contribution in [0.15, 0.2) is 64.8 Å². The van der Waals surface area contributed by atoms with Gasteiger partial charge in [0, 0.05) is 22.4 Å². The molecule has 1 N–H and O–H groups in total. The summed E-state index contributed by atoms with van der Waals surface area (Å²) in [6.45, 7) is 1.42. The van der Waals surface area contributed by atoms with Crippen molar-refractivity contribution >= 4 is 11.6 Å². The van der Waals surface area contributed by atoms with Crippen LogP contribution in [0.5, 0.6) is 0 Å². The van der Waals surface area contributed by atoms with E-state index in [4.69, 9.17) is 11.1 Å². The van der Waals surface area contributed by atoms with Gasteiger partial charge in [-0.15, -0.1) is 0 Å². The molecule has 0 saturated heterocycles. The number of benzene rings is 2. The molecule has 120 valence electrons. The Bertz CT molecular complexity index is 791. The molecule has 0 spiro atoms. The van der Waals surface area contributed by atoms with Gasteiger partial charge in [-0.25, -0.2) is 0 Å². The number of carbonyl (C=O) groups excluding carboxylic acids is 1. The molecule has 0 aromatic heterocycles. The van der Waals surface area contributed by atoms with Crippen LogP contribution < -0.4 is 5.32 Å². The van der Waals surface area contributed by atoms with Gasteiger partial charge in [0.25, 0.3) is 0 Å². The van der Waals surface area contributed by atoms with Crippen LogP contribution in [0.25, 0.3) is 20.9 Å². The average molecular weight is 321 g/mol. The number of carbonyl (C=O) groups is 1. The number of azide groups is 2. The summed E-state index contributed by atoms with van der Waals surface area (Å²) < 4.78 is 0. The molecule has 8 heteroatoms. The number of anilines is 1. The van der Waals surface area contributed by atoms with E-state index in [1.54, 1.807) is 24.3 Å². The Kier molecular flexibility index (Phi) is 5.80. The van der Waals surface area contributed by atoms with Crippen molar-refractivity contribution in [3.63, 3.8) is 0 Å². The van der Waals surface area contributed by atoms with Crippen molar-refractivity contribution in [2.24, 2.45) is 10.2 Å². The van der Waals surface area contributed by atoms with Gasteiger partial charge in [0.05, 0.1) is 12.1 Å². The van der Waals surface area contributed by atoms with Crippen LogP contribution in [-0.2, 0) is 4.79 Å². The van der Waals surface area contributed by atoms with Gasteiger partial charge in [0.1, 0.15) is 0 Å². The molecule has 1 amide bonds. The maximum absolute atomic E-state index is 11.1. The van der Waals surface area contributed by atoms with Crippen molar-refractivity contribution in [3.05, 3.63) is 86.6 Å². The Morgan fingerprint density at radius 1 is 0.917 bits per heavy atom. The van der Waals surface area contributed by atoms with Crippen LogP contribution in [0.1, 0.15) is 30.1 Å². The Hall–Kier alpha value is -3.47. The van der Waals surface area contributed by atoms with Gasteiger partial charge >= 0.3 is 0 Å². The summed E-state index contributed by atoms with van der Waals surface area (Å²) in [4.78, 5) is 16.8. The molecule has 0 radical (unpaired) electrons. The molecule has 2 atom stereocenters. The second kappa shape index (κ2) is 8.24. The van der Waals surface area contributed by atoms with Gasteiger partial charge in [-0.1, -0.05) is 52.7 Å². The predicted octanol–water partition coefficient (Wildman–Crippen LogP) is 5.05. The first kappa shape index (κ1) is 16.9. The second-order valence-electron chi connectivity index (χ2n) is 5.01. The second-order valence-corrected chi connectivity index (χ2v) is 5.01. The van der Waals surface area contributed by atoms with Gasteiger partial charge in [-0.2, -0.15) is 0 Å². The largest absolute Gasteiger partial charge is 0.326 e. The molecule has 0 aliphatic rings. The Labute approximate surface area is 138 Å². The highest BCUT2D eigenvalue weighted by atomic mass is 16.1.